The summed E-state index contributed by atoms with van der Waals surface area (Å²) < 4.78 is 28.2. The van der Waals surface area contributed by atoms with Gasteiger partial charge in [-0.3, -0.25) is 0 Å². The van der Waals surface area contributed by atoms with Gasteiger partial charge < -0.3 is 10.3 Å². The highest BCUT2D eigenvalue weighted by atomic mass is 32.2. The number of nitrogens with two attached hydrogens (primary N) is 1. The standard InChI is InChI=1S/C11H19N3O2S/c1-13-8-2-4-11(13)17(15,16)14(9-3-7-12)10-5-6-10/h2,4,8,10H,3,5-7,9,12H2,1H3. The molecule has 0 unspecified atom stereocenters. The summed E-state index contributed by atoms with van der Waals surface area (Å²) in [4.78, 5) is 0. The van der Waals surface area contributed by atoms with Crippen LogP contribution in [0.15, 0.2) is 23.4 Å². The van der Waals surface area contributed by atoms with Gasteiger partial charge >= 0.3 is 0 Å². The van der Waals surface area contributed by atoms with Crippen LogP contribution in [0.5, 0.6) is 0 Å². The Labute approximate surface area is 102 Å². The lowest BCUT2D eigenvalue weighted by molar-refractivity contribution is 0.395. The molecule has 1 aliphatic carbocycles. The van der Waals surface area contributed by atoms with Crippen molar-refractivity contribution in [3.8, 4) is 0 Å². The minimum Gasteiger partial charge on any atom is -0.341 e. The fourth-order valence-corrected chi connectivity index (χ4v) is 3.83. The Kier molecular flexibility index (Phi) is 3.56. The van der Waals surface area contributed by atoms with Gasteiger partial charge in [-0.15, -0.1) is 0 Å². The van der Waals surface area contributed by atoms with E-state index in [0.717, 1.165) is 12.8 Å². The predicted molar refractivity (Wildman–Crippen MR) is 66.0 cm³/mol. The van der Waals surface area contributed by atoms with Gasteiger partial charge in [-0.1, -0.05) is 0 Å². The van der Waals surface area contributed by atoms with Gasteiger partial charge in [0.05, 0.1) is 0 Å². The number of rotatable bonds is 6. The minimum absolute atomic E-state index is 0.182. The first-order chi connectivity index (χ1) is 8.07. The van der Waals surface area contributed by atoms with Gasteiger partial charge in [0, 0.05) is 25.8 Å². The quantitative estimate of drug-likeness (QED) is 0.808. The van der Waals surface area contributed by atoms with Crippen LogP contribution in [0.2, 0.25) is 0 Å². The second kappa shape index (κ2) is 4.80. The van der Waals surface area contributed by atoms with E-state index >= 15 is 0 Å². The molecule has 1 aromatic rings. The van der Waals surface area contributed by atoms with Crippen molar-refractivity contribution in [3.05, 3.63) is 18.3 Å². The Morgan fingerprint density at radius 2 is 2.24 bits per heavy atom. The van der Waals surface area contributed by atoms with Gasteiger partial charge in [0.1, 0.15) is 5.03 Å². The Morgan fingerprint density at radius 3 is 2.71 bits per heavy atom. The number of aryl methyl sites for hydroxylation is 1. The van der Waals surface area contributed by atoms with Crippen molar-refractivity contribution < 1.29 is 8.42 Å². The Balaban J connectivity index is 2.25. The van der Waals surface area contributed by atoms with Crippen molar-refractivity contribution in [1.82, 2.24) is 8.87 Å². The molecule has 0 aliphatic heterocycles. The Hall–Kier alpha value is -0.850. The van der Waals surface area contributed by atoms with Crippen LogP contribution in [0.4, 0.5) is 0 Å². The lowest BCUT2D eigenvalue weighted by Crippen LogP contribution is -2.35. The summed E-state index contributed by atoms with van der Waals surface area (Å²) in [6.07, 6.45) is 4.39. The Morgan fingerprint density at radius 1 is 1.53 bits per heavy atom. The average molecular weight is 257 g/mol. The SMILES string of the molecule is Cn1cccc1S(=O)(=O)N(CCCN)C1CC1. The molecule has 1 saturated carbocycles. The zero-order valence-electron chi connectivity index (χ0n) is 10.0. The van der Waals surface area contributed by atoms with Gasteiger partial charge in [-0.05, 0) is 37.9 Å². The van der Waals surface area contributed by atoms with Crippen molar-refractivity contribution >= 4 is 10.0 Å². The van der Waals surface area contributed by atoms with E-state index in [9.17, 15) is 8.42 Å². The van der Waals surface area contributed by atoms with Crippen LogP contribution >= 0.6 is 0 Å². The van der Waals surface area contributed by atoms with Crippen LogP contribution in [-0.2, 0) is 17.1 Å². The maximum absolute atomic E-state index is 12.5. The minimum atomic E-state index is -3.36. The summed E-state index contributed by atoms with van der Waals surface area (Å²) in [6.45, 7) is 1.04. The number of nitrogens with zero attached hydrogens (tertiary/aromatic N) is 2. The van der Waals surface area contributed by atoms with E-state index in [4.69, 9.17) is 5.73 Å². The van der Waals surface area contributed by atoms with Gasteiger partial charge in [0.25, 0.3) is 10.0 Å². The molecule has 1 fully saturated rings. The fourth-order valence-electron chi connectivity index (χ4n) is 1.94. The molecule has 0 radical (unpaired) electrons. The molecule has 1 aliphatic rings. The number of aromatic nitrogens is 1. The van der Waals surface area contributed by atoms with E-state index < -0.39 is 10.0 Å². The van der Waals surface area contributed by atoms with E-state index in [0.29, 0.717) is 24.5 Å². The van der Waals surface area contributed by atoms with Crippen molar-refractivity contribution in [2.75, 3.05) is 13.1 Å². The number of sulfonamides is 1. The summed E-state index contributed by atoms with van der Waals surface area (Å²) in [7, 11) is -1.61. The molecular weight excluding hydrogens is 238 g/mol. The van der Waals surface area contributed by atoms with Gasteiger partial charge in [0.2, 0.25) is 0 Å². The van der Waals surface area contributed by atoms with Crippen molar-refractivity contribution in [3.63, 3.8) is 0 Å². The molecule has 1 aromatic heterocycles. The lowest BCUT2D eigenvalue weighted by atomic mass is 10.4. The summed E-state index contributed by atoms with van der Waals surface area (Å²) in [5.74, 6) is 0. The average Bonchev–Trinajstić information content (AvgIpc) is 3.00. The molecule has 17 heavy (non-hydrogen) atoms. The normalized spacial score (nSPS) is 16.6. The van der Waals surface area contributed by atoms with E-state index in [2.05, 4.69) is 0 Å². The summed E-state index contributed by atoms with van der Waals surface area (Å²) in [5.41, 5.74) is 5.46. The number of hydrogen-bond donors (Lipinski definition) is 1. The van der Waals surface area contributed by atoms with Crippen LogP contribution in [0, 0.1) is 0 Å². The molecule has 2 rings (SSSR count). The Bertz CT molecular complexity index is 477. The molecule has 0 bridgehead atoms. The molecule has 5 nitrogen and oxygen atoms in total. The third-order valence-electron chi connectivity index (χ3n) is 3.01. The molecule has 6 heteroatoms. The monoisotopic (exact) mass is 257 g/mol. The molecule has 2 N–H and O–H groups in total. The van der Waals surface area contributed by atoms with Crippen LogP contribution in [0.1, 0.15) is 19.3 Å². The van der Waals surface area contributed by atoms with Gasteiger partial charge in [0.15, 0.2) is 0 Å². The maximum Gasteiger partial charge on any atom is 0.258 e. The van der Waals surface area contributed by atoms with E-state index in [-0.39, 0.29) is 6.04 Å². The van der Waals surface area contributed by atoms with Gasteiger partial charge in [-0.25, -0.2) is 8.42 Å². The second-order valence-corrected chi connectivity index (χ2v) is 6.28. The topological polar surface area (TPSA) is 68.3 Å². The molecule has 0 aromatic carbocycles. The van der Waals surface area contributed by atoms with Crippen molar-refractivity contribution in [2.45, 2.75) is 30.3 Å². The molecule has 0 atom stereocenters. The zero-order chi connectivity index (χ0) is 12.5. The third-order valence-corrected chi connectivity index (χ3v) is 5.06. The first-order valence-electron chi connectivity index (χ1n) is 5.90. The van der Waals surface area contributed by atoms with Crippen molar-refractivity contribution in [1.29, 1.82) is 0 Å². The second-order valence-electron chi connectivity index (χ2n) is 4.45. The molecule has 96 valence electrons. The highest BCUT2D eigenvalue weighted by molar-refractivity contribution is 7.89. The van der Waals surface area contributed by atoms with Crippen LogP contribution in [0.3, 0.4) is 0 Å². The molecule has 0 saturated heterocycles. The zero-order valence-corrected chi connectivity index (χ0v) is 10.9. The lowest BCUT2D eigenvalue weighted by Gasteiger charge is -2.21. The largest absolute Gasteiger partial charge is 0.341 e. The van der Waals surface area contributed by atoms with Crippen LogP contribution < -0.4 is 5.73 Å². The predicted octanol–water partition coefficient (Wildman–Crippen LogP) is 0.527. The highest BCUT2D eigenvalue weighted by Gasteiger charge is 2.38. The van der Waals surface area contributed by atoms with E-state index in [1.807, 2.05) is 0 Å². The summed E-state index contributed by atoms with van der Waals surface area (Å²) in [5, 5.41) is 0.362. The fraction of sp³-hybridized carbons (Fsp3) is 0.636. The smallest absolute Gasteiger partial charge is 0.258 e. The molecule has 0 spiro atoms. The molecular formula is C11H19N3O2S. The molecule has 1 heterocycles. The first kappa shape index (κ1) is 12.6. The maximum atomic E-state index is 12.5. The third kappa shape index (κ3) is 2.53. The van der Waals surface area contributed by atoms with Gasteiger partial charge in [-0.2, -0.15) is 4.31 Å². The van der Waals surface area contributed by atoms with Crippen LogP contribution in [-0.4, -0.2) is 36.4 Å². The number of hydrogen-bond acceptors (Lipinski definition) is 3. The summed E-state index contributed by atoms with van der Waals surface area (Å²) in [6, 6.07) is 3.58. The van der Waals surface area contributed by atoms with E-state index in [1.54, 1.807) is 34.2 Å². The van der Waals surface area contributed by atoms with E-state index in [1.165, 1.54) is 0 Å². The van der Waals surface area contributed by atoms with Crippen LogP contribution in [0.25, 0.3) is 0 Å². The molecule has 0 amide bonds. The first-order valence-corrected chi connectivity index (χ1v) is 7.34. The summed E-state index contributed by atoms with van der Waals surface area (Å²) >= 11 is 0. The van der Waals surface area contributed by atoms with Crippen molar-refractivity contribution in [2.24, 2.45) is 12.8 Å². The highest BCUT2D eigenvalue weighted by Crippen LogP contribution is 2.32.